The average Bonchev–Trinajstić information content (AvgIpc) is 3.20. The number of hydrogen-bond acceptors (Lipinski definition) is 4. The summed E-state index contributed by atoms with van der Waals surface area (Å²) >= 11 is 0. The highest BCUT2D eigenvalue weighted by Gasteiger charge is 2.32. The number of rotatable bonds is 2. The van der Waals surface area contributed by atoms with E-state index in [0.29, 0.717) is 18.8 Å². The molecular formula is C16H18N6O. The molecule has 0 spiro atoms. The molecule has 0 aromatic carbocycles. The van der Waals surface area contributed by atoms with E-state index in [1.165, 1.54) is 0 Å². The summed E-state index contributed by atoms with van der Waals surface area (Å²) in [5.41, 5.74) is 1.25. The topological polar surface area (TPSA) is 67.5 Å². The van der Waals surface area contributed by atoms with Gasteiger partial charge in [0.1, 0.15) is 23.2 Å². The second kappa shape index (κ2) is 5.51. The van der Waals surface area contributed by atoms with Gasteiger partial charge in [-0.3, -0.25) is 4.79 Å². The number of carbonyl (C=O) groups excluding carboxylic acids is 1. The van der Waals surface area contributed by atoms with E-state index in [1.54, 1.807) is 12.4 Å². The Morgan fingerprint density at radius 2 is 2.26 bits per heavy atom. The molecule has 1 atom stereocenters. The lowest BCUT2D eigenvalue weighted by atomic mass is 10.1. The number of fused-ring (bicyclic) bond motifs is 1. The molecule has 1 fully saturated rings. The van der Waals surface area contributed by atoms with E-state index >= 15 is 0 Å². The second-order valence-corrected chi connectivity index (χ2v) is 5.71. The summed E-state index contributed by atoms with van der Waals surface area (Å²) in [4.78, 5) is 23.7. The molecule has 118 valence electrons. The van der Waals surface area contributed by atoms with Crippen LogP contribution in [0, 0.1) is 0 Å². The van der Waals surface area contributed by atoms with Crippen molar-refractivity contribution in [1.29, 1.82) is 0 Å². The minimum Gasteiger partial charge on any atom is -0.336 e. The van der Waals surface area contributed by atoms with Crippen molar-refractivity contribution < 1.29 is 4.79 Å². The largest absolute Gasteiger partial charge is 0.336 e. The van der Waals surface area contributed by atoms with Gasteiger partial charge in [0.2, 0.25) is 0 Å². The Hall–Kier alpha value is -2.67. The third-order valence-corrected chi connectivity index (χ3v) is 4.24. The number of piperazine rings is 1. The standard InChI is InChI=1S/C16H18N6O/c1-20-8-6-18-15(20)13-10-17-5-9-22(13)16(23)12-11-21-7-3-2-4-14(21)19-12/h2-4,6-8,11,13,17H,5,9-10H2,1H3. The second-order valence-electron chi connectivity index (χ2n) is 5.71. The van der Waals surface area contributed by atoms with Gasteiger partial charge in [0.05, 0.1) is 0 Å². The normalized spacial score (nSPS) is 18.5. The zero-order chi connectivity index (χ0) is 15.8. The van der Waals surface area contributed by atoms with Gasteiger partial charge in [0.25, 0.3) is 5.91 Å². The van der Waals surface area contributed by atoms with Gasteiger partial charge in [-0.1, -0.05) is 6.07 Å². The molecule has 3 aromatic rings. The fraction of sp³-hybridized carbons (Fsp3) is 0.312. The summed E-state index contributed by atoms with van der Waals surface area (Å²) in [6, 6.07) is 5.65. The average molecular weight is 310 g/mol. The van der Waals surface area contributed by atoms with Crippen molar-refractivity contribution in [2.75, 3.05) is 19.6 Å². The number of nitrogens with zero attached hydrogens (tertiary/aromatic N) is 5. The molecule has 0 radical (unpaired) electrons. The van der Waals surface area contributed by atoms with Crippen LogP contribution in [0.3, 0.4) is 0 Å². The predicted molar refractivity (Wildman–Crippen MR) is 85.0 cm³/mol. The number of imidazole rings is 2. The first-order valence-corrected chi connectivity index (χ1v) is 7.66. The molecule has 4 rings (SSSR count). The zero-order valence-electron chi connectivity index (χ0n) is 12.9. The highest BCUT2D eigenvalue weighted by molar-refractivity contribution is 5.93. The highest BCUT2D eigenvalue weighted by Crippen LogP contribution is 2.22. The van der Waals surface area contributed by atoms with Crippen LogP contribution < -0.4 is 5.32 Å². The maximum Gasteiger partial charge on any atom is 0.274 e. The van der Waals surface area contributed by atoms with Crippen LogP contribution in [0.2, 0.25) is 0 Å². The molecule has 0 bridgehead atoms. The monoisotopic (exact) mass is 310 g/mol. The summed E-state index contributed by atoms with van der Waals surface area (Å²) < 4.78 is 3.83. The van der Waals surface area contributed by atoms with Crippen LogP contribution >= 0.6 is 0 Å². The molecule has 1 saturated heterocycles. The van der Waals surface area contributed by atoms with Gasteiger partial charge in [-0.05, 0) is 12.1 Å². The maximum absolute atomic E-state index is 13.0. The molecule has 1 unspecified atom stereocenters. The molecule has 4 heterocycles. The molecule has 1 amide bonds. The number of pyridine rings is 1. The Balaban J connectivity index is 1.68. The van der Waals surface area contributed by atoms with Crippen molar-refractivity contribution in [3.8, 4) is 0 Å². The van der Waals surface area contributed by atoms with Crippen LogP contribution in [0.5, 0.6) is 0 Å². The number of amides is 1. The molecule has 7 heteroatoms. The quantitative estimate of drug-likeness (QED) is 0.762. The fourth-order valence-corrected chi connectivity index (χ4v) is 3.06. The number of carbonyl (C=O) groups is 1. The van der Waals surface area contributed by atoms with Crippen LogP contribution in [0.4, 0.5) is 0 Å². The highest BCUT2D eigenvalue weighted by atomic mass is 16.2. The summed E-state index contributed by atoms with van der Waals surface area (Å²) in [6.45, 7) is 2.12. The van der Waals surface area contributed by atoms with Crippen molar-refractivity contribution in [1.82, 2.24) is 29.2 Å². The lowest BCUT2D eigenvalue weighted by Crippen LogP contribution is -2.49. The molecule has 1 aliphatic heterocycles. The van der Waals surface area contributed by atoms with Gasteiger partial charge in [-0.2, -0.15) is 0 Å². The van der Waals surface area contributed by atoms with Gasteiger partial charge in [-0.15, -0.1) is 0 Å². The third kappa shape index (κ3) is 2.39. The van der Waals surface area contributed by atoms with E-state index < -0.39 is 0 Å². The van der Waals surface area contributed by atoms with Crippen LogP contribution in [-0.2, 0) is 7.05 Å². The van der Waals surface area contributed by atoms with Crippen LogP contribution in [0.1, 0.15) is 22.4 Å². The van der Waals surface area contributed by atoms with Crippen LogP contribution in [0.25, 0.3) is 5.65 Å². The number of hydrogen-bond donors (Lipinski definition) is 1. The van der Waals surface area contributed by atoms with Crippen molar-refractivity contribution >= 4 is 11.6 Å². The molecule has 7 nitrogen and oxygen atoms in total. The van der Waals surface area contributed by atoms with E-state index in [4.69, 9.17) is 0 Å². The first-order chi connectivity index (χ1) is 11.2. The van der Waals surface area contributed by atoms with Gasteiger partial charge in [0.15, 0.2) is 0 Å². The molecule has 1 aliphatic rings. The molecule has 23 heavy (non-hydrogen) atoms. The Kier molecular flexibility index (Phi) is 3.34. The summed E-state index contributed by atoms with van der Waals surface area (Å²) in [7, 11) is 1.95. The van der Waals surface area contributed by atoms with E-state index in [-0.39, 0.29) is 11.9 Å². The SMILES string of the molecule is Cn1ccnc1C1CNCCN1C(=O)c1cn2ccccc2n1. The fourth-order valence-electron chi connectivity index (χ4n) is 3.06. The Labute approximate surface area is 133 Å². The molecule has 0 aliphatic carbocycles. The molecule has 3 aromatic heterocycles. The van der Waals surface area contributed by atoms with Crippen LogP contribution in [0.15, 0.2) is 43.0 Å². The number of aryl methyl sites for hydroxylation is 1. The first kappa shape index (κ1) is 14.0. The summed E-state index contributed by atoms with van der Waals surface area (Å²) in [5, 5.41) is 3.34. The minimum atomic E-state index is -0.0823. The lowest BCUT2D eigenvalue weighted by molar-refractivity contribution is 0.0615. The first-order valence-electron chi connectivity index (χ1n) is 7.66. The molecule has 1 N–H and O–H groups in total. The van der Waals surface area contributed by atoms with E-state index in [9.17, 15) is 4.79 Å². The summed E-state index contributed by atoms with van der Waals surface area (Å²) in [5.74, 6) is 0.831. The van der Waals surface area contributed by atoms with E-state index in [1.807, 2.05) is 51.5 Å². The smallest absolute Gasteiger partial charge is 0.274 e. The predicted octanol–water partition coefficient (Wildman–Crippen LogP) is 0.855. The Morgan fingerprint density at radius 3 is 3.04 bits per heavy atom. The number of aromatic nitrogens is 4. The summed E-state index contributed by atoms with van der Waals surface area (Å²) in [6.07, 6.45) is 7.34. The van der Waals surface area contributed by atoms with E-state index in [0.717, 1.165) is 18.0 Å². The van der Waals surface area contributed by atoms with Gasteiger partial charge in [0, 0.05) is 51.5 Å². The van der Waals surface area contributed by atoms with Gasteiger partial charge >= 0.3 is 0 Å². The third-order valence-electron chi connectivity index (χ3n) is 4.24. The molecular weight excluding hydrogens is 292 g/mol. The van der Waals surface area contributed by atoms with Gasteiger partial charge in [-0.25, -0.2) is 9.97 Å². The maximum atomic E-state index is 13.0. The van der Waals surface area contributed by atoms with Crippen molar-refractivity contribution in [2.45, 2.75) is 6.04 Å². The zero-order valence-corrected chi connectivity index (χ0v) is 12.9. The van der Waals surface area contributed by atoms with Crippen LogP contribution in [-0.4, -0.2) is 49.4 Å². The number of nitrogens with one attached hydrogen (secondary N) is 1. The van der Waals surface area contributed by atoms with Gasteiger partial charge < -0.3 is 19.2 Å². The molecule has 0 saturated carbocycles. The van der Waals surface area contributed by atoms with Crippen molar-refractivity contribution in [3.63, 3.8) is 0 Å². The Bertz CT molecular complexity index is 818. The van der Waals surface area contributed by atoms with E-state index in [2.05, 4.69) is 15.3 Å². The Morgan fingerprint density at radius 1 is 1.35 bits per heavy atom. The lowest BCUT2D eigenvalue weighted by Gasteiger charge is -2.35. The van der Waals surface area contributed by atoms with Crippen molar-refractivity contribution in [3.05, 3.63) is 54.5 Å². The minimum absolute atomic E-state index is 0.0526. The van der Waals surface area contributed by atoms with Crippen molar-refractivity contribution in [2.24, 2.45) is 7.05 Å².